The summed E-state index contributed by atoms with van der Waals surface area (Å²) in [5, 5.41) is 16.3. The number of ether oxygens (including phenoxy) is 1. The molecule has 0 fully saturated rings. The van der Waals surface area contributed by atoms with Gasteiger partial charge in [-0.3, -0.25) is 0 Å². The SMILES string of the molecule is OCc1cnn(-c2c(Cl)cc(OC(F)(F)F)cc2Cl)n1. The highest BCUT2D eigenvalue weighted by molar-refractivity contribution is 6.38. The third-order valence-corrected chi connectivity index (χ3v) is 2.70. The standard InChI is InChI=1S/C10H6Cl2F3N3O2/c11-7-1-6(20-10(13,14)15)2-8(12)9(7)18-16-3-5(4-19)17-18/h1-3,19H,4H2. The summed E-state index contributed by atoms with van der Waals surface area (Å²) >= 11 is 11.7. The lowest BCUT2D eigenvalue weighted by atomic mass is 10.3. The van der Waals surface area contributed by atoms with Gasteiger partial charge in [-0.25, -0.2) is 0 Å². The number of aliphatic hydroxyl groups excluding tert-OH is 1. The molecular formula is C10H6Cl2F3N3O2. The highest BCUT2D eigenvalue weighted by atomic mass is 35.5. The van der Waals surface area contributed by atoms with Crippen LogP contribution in [0.1, 0.15) is 5.69 Å². The van der Waals surface area contributed by atoms with Crippen LogP contribution < -0.4 is 4.74 Å². The van der Waals surface area contributed by atoms with E-state index >= 15 is 0 Å². The molecule has 0 unspecified atom stereocenters. The van der Waals surface area contributed by atoms with Crippen molar-refractivity contribution in [2.24, 2.45) is 0 Å². The summed E-state index contributed by atoms with van der Waals surface area (Å²) in [7, 11) is 0. The van der Waals surface area contributed by atoms with Gasteiger partial charge in [-0.15, -0.1) is 18.0 Å². The molecule has 1 aromatic carbocycles. The number of aliphatic hydroxyl groups is 1. The van der Waals surface area contributed by atoms with E-state index in [1.165, 1.54) is 6.20 Å². The number of alkyl halides is 3. The minimum Gasteiger partial charge on any atom is -0.406 e. The Morgan fingerprint density at radius 3 is 2.30 bits per heavy atom. The maximum absolute atomic E-state index is 12.1. The van der Waals surface area contributed by atoms with Gasteiger partial charge in [-0.2, -0.15) is 10.2 Å². The predicted molar refractivity (Wildman–Crippen MR) is 64.0 cm³/mol. The molecule has 0 bridgehead atoms. The highest BCUT2D eigenvalue weighted by Crippen LogP contribution is 2.34. The van der Waals surface area contributed by atoms with E-state index in [2.05, 4.69) is 14.9 Å². The van der Waals surface area contributed by atoms with Crippen molar-refractivity contribution in [3.05, 3.63) is 34.1 Å². The minimum atomic E-state index is -4.85. The van der Waals surface area contributed by atoms with Gasteiger partial charge in [0.1, 0.15) is 17.1 Å². The fourth-order valence-corrected chi connectivity index (χ4v) is 2.02. The third-order valence-electron chi connectivity index (χ3n) is 2.13. The number of nitrogens with zero attached hydrogens (tertiary/aromatic N) is 3. The lowest BCUT2D eigenvalue weighted by molar-refractivity contribution is -0.274. The molecule has 0 saturated heterocycles. The summed E-state index contributed by atoms with van der Waals surface area (Å²) in [5.41, 5.74) is 0.343. The van der Waals surface area contributed by atoms with Crippen molar-refractivity contribution < 1.29 is 23.0 Å². The molecule has 1 aromatic heterocycles. The number of aromatic nitrogens is 3. The highest BCUT2D eigenvalue weighted by Gasteiger charge is 2.31. The molecule has 0 radical (unpaired) electrons. The summed E-state index contributed by atoms with van der Waals surface area (Å²) < 4.78 is 40.1. The van der Waals surface area contributed by atoms with Gasteiger partial charge in [-0.05, 0) is 0 Å². The largest absolute Gasteiger partial charge is 0.573 e. The zero-order chi connectivity index (χ0) is 14.9. The molecule has 2 rings (SSSR count). The van der Waals surface area contributed by atoms with Gasteiger partial charge in [0.2, 0.25) is 0 Å². The number of hydrogen-bond donors (Lipinski definition) is 1. The Hall–Kier alpha value is -1.51. The maximum atomic E-state index is 12.1. The quantitative estimate of drug-likeness (QED) is 0.941. The smallest absolute Gasteiger partial charge is 0.406 e. The molecular weight excluding hydrogens is 322 g/mol. The zero-order valence-corrected chi connectivity index (χ0v) is 11.0. The Morgan fingerprint density at radius 1 is 1.25 bits per heavy atom. The first-order valence-corrected chi connectivity index (χ1v) is 5.83. The Kier molecular flexibility index (Phi) is 4.07. The van der Waals surface area contributed by atoms with Crippen LogP contribution in [0.3, 0.4) is 0 Å². The average Bonchev–Trinajstić information content (AvgIpc) is 2.74. The van der Waals surface area contributed by atoms with E-state index in [4.69, 9.17) is 28.3 Å². The van der Waals surface area contributed by atoms with Crippen molar-refractivity contribution in [1.29, 1.82) is 0 Å². The molecule has 0 saturated carbocycles. The van der Waals surface area contributed by atoms with Gasteiger partial charge in [0.15, 0.2) is 0 Å². The zero-order valence-electron chi connectivity index (χ0n) is 9.53. The first-order chi connectivity index (χ1) is 9.30. The van der Waals surface area contributed by atoms with Crippen LogP contribution in [0.2, 0.25) is 10.0 Å². The van der Waals surface area contributed by atoms with Crippen LogP contribution >= 0.6 is 23.2 Å². The number of halogens is 5. The number of rotatable bonds is 3. The van der Waals surface area contributed by atoms with Crippen LogP contribution in [0, 0.1) is 0 Å². The van der Waals surface area contributed by atoms with Crippen LogP contribution in [0.25, 0.3) is 5.69 Å². The lowest BCUT2D eigenvalue weighted by Gasteiger charge is -2.12. The van der Waals surface area contributed by atoms with Crippen LogP contribution in [-0.2, 0) is 6.61 Å². The first-order valence-electron chi connectivity index (χ1n) is 5.07. The van der Waals surface area contributed by atoms with Gasteiger partial charge in [0, 0.05) is 12.1 Å². The molecule has 1 N–H and O–H groups in total. The molecule has 0 aliphatic heterocycles. The van der Waals surface area contributed by atoms with Crippen molar-refractivity contribution >= 4 is 23.2 Å². The van der Waals surface area contributed by atoms with E-state index < -0.39 is 12.1 Å². The molecule has 1 heterocycles. The van der Waals surface area contributed by atoms with Crippen LogP contribution in [0.15, 0.2) is 18.3 Å². The fourth-order valence-electron chi connectivity index (χ4n) is 1.40. The third kappa shape index (κ3) is 3.33. The van der Waals surface area contributed by atoms with Gasteiger partial charge >= 0.3 is 6.36 Å². The summed E-state index contributed by atoms with van der Waals surface area (Å²) in [4.78, 5) is 1.01. The van der Waals surface area contributed by atoms with Crippen molar-refractivity contribution in [3.63, 3.8) is 0 Å². The molecule has 2 aromatic rings. The van der Waals surface area contributed by atoms with Crippen LogP contribution in [0.5, 0.6) is 5.75 Å². The molecule has 5 nitrogen and oxygen atoms in total. The maximum Gasteiger partial charge on any atom is 0.573 e. The summed E-state index contributed by atoms with van der Waals surface area (Å²) in [6, 6.07) is 1.89. The normalized spacial score (nSPS) is 11.7. The molecule has 0 aliphatic rings. The molecule has 0 amide bonds. The van der Waals surface area contributed by atoms with E-state index in [-0.39, 0.29) is 28.0 Å². The Bertz CT molecular complexity index is 607. The lowest BCUT2D eigenvalue weighted by Crippen LogP contribution is -2.17. The molecule has 20 heavy (non-hydrogen) atoms. The van der Waals surface area contributed by atoms with Crippen molar-refractivity contribution in [2.45, 2.75) is 13.0 Å². The Labute approximate surface area is 120 Å². The van der Waals surface area contributed by atoms with Crippen LogP contribution in [-0.4, -0.2) is 26.5 Å². The second kappa shape index (κ2) is 5.47. The van der Waals surface area contributed by atoms with Crippen LogP contribution in [0.4, 0.5) is 13.2 Å². The Balaban J connectivity index is 2.41. The topological polar surface area (TPSA) is 60.2 Å². The molecule has 0 atom stereocenters. The predicted octanol–water partition coefficient (Wildman–Crippen LogP) is 2.97. The number of hydrogen-bond acceptors (Lipinski definition) is 4. The van der Waals surface area contributed by atoms with E-state index in [1.54, 1.807) is 0 Å². The summed E-state index contributed by atoms with van der Waals surface area (Å²) in [6.07, 6.45) is -3.57. The van der Waals surface area contributed by atoms with Gasteiger partial charge in [0.05, 0.1) is 22.8 Å². The molecule has 0 aliphatic carbocycles. The minimum absolute atomic E-state index is 0.0857. The molecule has 0 spiro atoms. The van der Waals surface area contributed by atoms with Gasteiger partial charge in [-0.1, -0.05) is 23.2 Å². The van der Waals surface area contributed by atoms with Crippen molar-refractivity contribution in [2.75, 3.05) is 0 Å². The average molecular weight is 328 g/mol. The Morgan fingerprint density at radius 2 is 1.85 bits per heavy atom. The fraction of sp³-hybridized carbons (Fsp3) is 0.200. The second-order valence-corrected chi connectivity index (χ2v) is 4.38. The number of benzene rings is 1. The summed E-state index contributed by atoms with van der Waals surface area (Å²) in [5.74, 6) is -0.550. The van der Waals surface area contributed by atoms with E-state index in [9.17, 15) is 13.2 Å². The van der Waals surface area contributed by atoms with Gasteiger partial charge < -0.3 is 9.84 Å². The van der Waals surface area contributed by atoms with Gasteiger partial charge in [0.25, 0.3) is 0 Å². The van der Waals surface area contributed by atoms with Crippen molar-refractivity contribution in [3.8, 4) is 11.4 Å². The second-order valence-electron chi connectivity index (χ2n) is 3.57. The molecule has 10 heteroatoms. The monoisotopic (exact) mass is 327 g/mol. The van der Waals surface area contributed by atoms with E-state index in [0.29, 0.717) is 0 Å². The van der Waals surface area contributed by atoms with Crippen molar-refractivity contribution in [1.82, 2.24) is 15.0 Å². The summed E-state index contributed by atoms with van der Waals surface area (Å²) in [6.45, 7) is -0.343. The van der Waals surface area contributed by atoms with E-state index in [0.717, 1.165) is 16.9 Å². The first kappa shape index (κ1) is 14.9. The van der Waals surface area contributed by atoms with E-state index in [1.807, 2.05) is 0 Å². The molecule has 108 valence electrons.